The molecule has 0 spiro atoms. The minimum Gasteiger partial charge on any atom is -0.258 e. The van der Waals surface area contributed by atoms with Crippen molar-refractivity contribution < 1.29 is 0 Å². The number of aryl methyl sites for hydroxylation is 1. The second-order valence-electron chi connectivity index (χ2n) is 3.87. The Morgan fingerprint density at radius 1 is 1.57 bits per heavy atom. The van der Waals surface area contributed by atoms with E-state index in [-0.39, 0.29) is 5.41 Å². The van der Waals surface area contributed by atoms with E-state index in [4.69, 9.17) is 5.26 Å². The van der Waals surface area contributed by atoms with Gasteiger partial charge in [-0.3, -0.25) is 4.98 Å². The van der Waals surface area contributed by atoms with Crippen molar-refractivity contribution in [2.24, 2.45) is 0 Å². The van der Waals surface area contributed by atoms with Crippen molar-refractivity contribution in [3.05, 3.63) is 28.0 Å². The van der Waals surface area contributed by atoms with Crippen LogP contribution in [-0.4, -0.2) is 4.98 Å². The Bertz CT molecular complexity index is 402. The van der Waals surface area contributed by atoms with Gasteiger partial charge < -0.3 is 0 Å². The van der Waals surface area contributed by atoms with Crippen LogP contribution in [0, 0.1) is 18.3 Å². The molecule has 2 nitrogen and oxygen atoms in total. The summed E-state index contributed by atoms with van der Waals surface area (Å²) in [5, 5.41) is 9.15. The summed E-state index contributed by atoms with van der Waals surface area (Å²) >= 11 is 3.41. The molecule has 1 aliphatic carbocycles. The molecule has 1 saturated carbocycles. The SMILES string of the molecule is Cc1cc(C2(C#N)CCC2)ncc1Br. The molecule has 0 N–H and O–H groups in total. The lowest BCUT2D eigenvalue weighted by Crippen LogP contribution is -2.33. The fourth-order valence-electron chi connectivity index (χ4n) is 1.76. The summed E-state index contributed by atoms with van der Waals surface area (Å²) in [5.41, 5.74) is 1.80. The molecule has 0 bridgehead atoms. The van der Waals surface area contributed by atoms with Crippen LogP contribution in [0.1, 0.15) is 30.5 Å². The first-order valence-electron chi connectivity index (χ1n) is 4.72. The van der Waals surface area contributed by atoms with Gasteiger partial charge in [0.2, 0.25) is 0 Å². The molecule has 72 valence electrons. The Balaban J connectivity index is 2.42. The molecular weight excluding hydrogens is 240 g/mol. The Labute approximate surface area is 92.1 Å². The fourth-order valence-corrected chi connectivity index (χ4v) is 1.97. The first-order chi connectivity index (χ1) is 6.68. The van der Waals surface area contributed by atoms with Crippen LogP contribution < -0.4 is 0 Å². The number of hydrogen-bond donors (Lipinski definition) is 0. The van der Waals surface area contributed by atoms with Crippen LogP contribution in [0.4, 0.5) is 0 Å². The summed E-state index contributed by atoms with van der Waals surface area (Å²) in [5.74, 6) is 0. The van der Waals surface area contributed by atoms with E-state index >= 15 is 0 Å². The van der Waals surface area contributed by atoms with E-state index in [1.165, 1.54) is 0 Å². The van der Waals surface area contributed by atoms with Crippen LogP contribution in [0.5, 0.6) is 0 Å². The lowest BCUT2D eigenvalue weighted by Gasteiger charge is -2.34. The number of halogens is 1. The van der Waals surface area contributed by atoms with Gasteiger partial charge in [0.15, 0.2) is 0 Å². The smallest absolute Gasteiger partial charge is 0.0993 e. The Morgan fingerprint density at radius 2 is 2.29 bits per heavy atom. The fraction of sp³-hybridized carbons (Fsp3) is 0.455. The van der Waals surface area contributed by atoms with Crippen molar-refractivity contribution in [1.82, 2.24) is 4.98 Å². The highest BCUT2D eigenvalue weighted by Crippen LogP contribution is 2.42. The van der Waals surface area contributed by atoms with Crippen molar-refractivity contribution in [2.75, 3.05) is 0 Å². The first-order valence-corrected chi connectivity index (χ1v) is 5.51. The molecule has 0 saturated heterocycles. The molecule has 1 heterocycles. The lowest BCUT2D eigenvalue weighted by atomic mass is 9.67. The Morgan fingerprint density at radius 3 is 2.71 bits per heavy atom. The molecule has 2 rings (SSSR count). The number of pyridine rings is 1. The van der Waals surface area contributed by atoms with Gasteiger partial charge in [0.1, 0.15) is 0 Å². The molecule has 1 fully saturated rings. The van der Waals surface area contributed by atoms with Crippen LogP contribution in [0.3, 0.4) is 0 Å². The molecule has 0 radical (unpaired) electrons. The number of hydrogen-bond acceptors (Lipinski definition) is 2. The number of nitrogens with zero attached hydrogens (tertiary/aromatic N) is 2. The van der Waals surface area contributed by atoms with E-state index in [2.05, 4.69) is 27.0 Å². The summed E-state index contributed by atoms with van der Waals surface area (Å²) in [7, 11) is 0. The van der Waals surface area contributed by atoms with Crippen LogP contribution in [0.25, 0.3) is 0 Å². The maximum absolute atomic E-state index is 9.15. The maximum atomic E-state index is 9.15. The quantitative estimate of drug-likeness (QED) is 0.768. The van der Waals surface area contributed by atoms with Crippen LogP contribution in [0.15, 0.2) is 16.7 Å². The summed E-state index contributed by atoms with van der Waals surface area (Å²) in [6.45, 7) is 2.03. The highest BCUT2D eigenvalue weighted by atomic mass is 79.9. The van der Waals surface area contributed by atoms with Gasteiger partial charge in [0.25, 0.3) is 0 Å². The van der Waals surface area contributed by atoms with Gasteiger partial charge in [-0.1, -0.05) is 0 Å². The van der Waals surface area contributed by atoms with Gasteiger partial charge in [-0.2, -0.15) is 5.26 Å². The summed E-state index contributed by atoms with van der Waals surface area (Å²) in [4.78, 5) is 4.33. The average Bonchev–Trinajstić information content (AvgIpc) is 2.10. The van der Waals surface area contributed by atoms with Gasteiger partial charge in [-0.25, -0.2) is 0 Å². The largest absolute Gasteiger partial charge is 0.258 e. The first kappa shape index (κ1) is 9.67. The second-order valence-corrected chi connectivity index (χ2v) is 4.72. The molecule has 14 heavy (non-hydrogen) atoms. The molecule has 0 aliphatic heterocycles. The van der Waals surface area contributed by atoms with Crippen molar-refractivity contribution >= 4 is 15.9 Å². The zero-order valence-electron chi connectivity index (χ0n) is 8.05. The topological polar surface area (TPSA) is 36.7 Å². The van der Waals surface area contributed by atoms with Gasteiger partial charge in [0.05, 0.1) is 17.2 Å². The van der Waals surface area contributed by atoms with Gasteiger partial charge in [-0.15, -0.1) is 0 Å². The highest BCUT2D eigenvalue weighted by molar-refractivity contribution is 9.10. The molecule has 1 aromatic heterocycles. The van der Waals surface area contributed by atoms with E-state index in [9.17, 15) is 0 Å². The normalized spacial score (nSPS) is 18.4. The molecular formula is C11H11BrN2. The maximum Gasteiger partial charge on any atom is 0.0993 e. The molecule has 1 aliphatic rings. The highest BCUT2D eigenvalue weighted by Gasteiger charge is 2.40. The number of nitriles is 1. The average molecular weight is 251 g/mol. The second kappa shape index (κ2) is 3.36. The van der Waals surface area contributed by atoms with Crippen molar-refractivity contribution in [1.29, 1.82) is 5.26 Å². The van der Waals surface area contributed by atoms with E-state index in [1.807, 2.05) is 13.0 Å². The third kappa shape index (κ3) is 1.34. The van der Waals surface area contributed by atoms with Gasteiger partial charge >= 0.3 is 0 Å². The summed E-state index contributed by atoms with van der Waals surface area (Å²) < 4.78 is 1.01. The van der Waals surface area contributed by atoms with Crippen molar-refractivity contribution in [3.8, 4) is 6.07 Å². The van der Waals surface area contributed by atoms with E-state index in [0.717, 1.165) is 35.0 Å². The standard InChI is InChI=1S/C11H11BrN2/c1-8-5-10(14-6-9(8)12)11(7-13)3-2-4-11/h5-6H,2-4H2,1H3. The Hall–Kier alpha value is -0.880. The number of rotatable bonds is 1. The molecule has 1 aromatic rings. The predicted octanol–water partition coefficient (Wildman–Crippen LogP) is 3.10. The van der Waals surface area contributed by atoms with E-state index < -0.39 is 0 Å². The third-order valence-corrected chi connectivity index (χ3v) is 3.79. The van der Waals surface area contributed by atoms with Gasteiger partial charge in [0, 0.05) is 10.7 Å². The minimum atomic E-state index is -0.286. The van der Waals surface area contributed by atoms with Crippen molar-refractivity contribution in [3.63, 3.8) is 0 Å². The zero-order chi connectivity index (χ0) is 10.2. The molecule has 0 amide bonds. The Kier molecular flexibility index (Phi) is 2.32. The van der Waals surface area contributed by atoms with Crippen LogP contribution in [-0.2, 0) is 5.41 Å². The van der Waals surface area contributed by atoms with E-state index in [1.54, 1.807) is 6.20 Å². The van der Waals surface area contributed by atoms with Crippen molar-refractivity contribution in [2.45, 2.75) is 31.6 Å². The van der Waals surface area contributed by atoms with Crippen LogP contribution >= 0.6 is 15.9 Å². The summed E-state index contributed by atoms with van der Waals surface area (Å²) in [6, 6.07) is 4.42. The zero-order valence-corrected chi connectivity index (χ0v) is 9.63. The van der Waals surface area contributed by atoms with E-state index in [0.29, 0.717) is 0 Å². The molecule has 0 aromatic carbocycles. The molecule has 3 heteroatoms. The lowest BCUT2D eigenvalue weighted by molar-refractivity contribution is 0.316. The third-order valence-electron chi connectivity index (χ3n) is 2.96. The summed E-state index contributed by atoms with van der Waals surface area (Å²) in [6.07, 6.45) is 4.85. The molecule has 0 atom stereocenters. The van der Waals surface area contributed by atoms with Gasteiger partial charge in [-0.05, 0) is 53.7 Å². The molecule has 0 unspecified atom stereocenters. The minimum absolute atomic E-state index is 0.286. The number of aromatic nitrogens is 1. The monoisotopic (exact) mass is 250 g/mol. The van der Waals surface area contributed by atoms with Crippen LogP contribution in [0.2, 0.25) is 0 Å². The predicted molar refractivity (Wildman–Crippen MR) is 57.8 cm³/mol.